The van der Waals surface area contributed by atoms with Gasteiger partial charge in [0.15, 0.2) is 5.65 Å². The number of nitrogens with one attached hydrogen (secondary N) is 2. The van der Waals surface area contributed by atoms with Crippen molar-refractivity contribution < 1.29 is 9.63 Å². The molecule has 1 saturated carbocycles. The zero-order chi connectivity index (χ0) is 22.9. The first kappa shape index (κ1) is 22.4. The molecular weight excluding hydrogens is 460 g/mol. The van der Waals surface area contributed by atoms with Gasteiger partial charge in [-0.2, -0.15) is 0 Å². The molecule has 1 amide bonds. The quantitative estimate of drug-likeness (QED) is 0.388. The second-order valence-corrected chi connectivity index (χ2v) is 9.42. The number of anilines is 3. The van der Waals surface area contributed by atoms with Crippen molar-refractivity contribution in [2.75, 3.05) is 29.9 Å². The summed E-state index contributed by atoms with van der Waals surface area (Å²) in [5, 5.41) is 3.94. The number of hydrogen-bond donors (Lipinski definition) is 2. The zero-order valence-corrected chi connectivity index (χ0v) is 19.6. The minimum atomic E-state index is -0.396. The van der Waals surface area contributed by atoms with Crippen LogP contribution in [0, 0.1) is 5.92 Å². The standard InChI is InChI=1S/C23H24BCl2N5O2/c24-15-6-7-18(17(25)10-15)28-21-16(23(32)29-33-13-14-4-5-14)12-31-19(11-27-22(31)20(21)26)30-8-2-1-3-9-30/h6-7,10-12,14,28H,1-5,8-9,13H2,(H,29,32). The van der Waals surface area contributed by atoms with Crippen LogP contribution in [0.4, 0.5) is 17.2 Å². The number of carbonyl (C=O) groups excluding carboxylic acids is 1. The van der Waals surface area contributed by atoms with Crippen LogP contribution >= 0.6 is 23.2 Å². The predicted molar refractivity (Wildman–Crippen MR) is 133 cm³/mol. The van der Waals surface area contributed by atoms with Gasteiger partial charge in [-0.3, -0.25) is 14.0 Å². The summed E-state index contributed by atoms with van der Waals surface area (Å²) in [6, 6.07) is 5.11. The van der Waals surface area contributed by atoms with E-state index < -0.39 is 5.91 Å². The molecule has 2 aromatic heterocycles. The van der Waals surface area contributed by atoms with Gasteiger partial charge in [-0.15, -0.1) is 0 Å². The summed E-state index contributed by atoms with van der Waals surface area (Å²) in [5.41, 5.74) is 4.97. The number of carbonyl (C=O) groups is 1. The maximum absolute atomic E-state index is 13.2. The molecule has 2 fully saturated rings. The van der Waals surface area contributed by atoms with Gasteiger partial charge in [0, 0.05) is 19.3 Å². The van der Waals surface area contributed by atoms with E-state index in [2.05, 4.69) is 20.7 Å². The Morgan fingerprint density at radius 3 is 2.73 bits per heavy atom. The number of aromatic nitrogens is 2. The van der Waals surface area contributed by atoms with Gasteiger partial charge in [0.25, 0.3) is 5.91 Å². The Bertz CT molecular complexity index is 1190. The fourth-order valence-corrected chi connectivity index (χ4v) is 4.57. The summed E-state index contributed by atoms with van der Waals surface area (Å²) in [6.07, 6.45) is 9.28. The van der Waals surface area contributed by atoms with Gasteiger partial charge in [-0.25, -0.2) is 10.5 Å². The van der Waals surface area contributed by atoms with Crippen LogP contribution in [0.1, 0.15) is 42.5 Å². The van der Waals surface area contributed by atoms with E-state index >= 15 is 0 Å². The third-order valence-corrected chi connectivity index (χ3v) is 6.75. The molecule has 0 spiro atoms. The highest BCUT2D eigenvalue weighted by atomic mass is 35.5. The van der Waals surface area contributed by atoms with Crippen LogP contribution in [0.2, 0.25) is 10.0 Å². The SMILES string of the molecule is [B]c1ccc(Nc2c(C(=O)NOCC3CC3)cn3c(N4CCCCC4)cnc3c2Cl)c(Cl)c1. The first-order valence-electron chi connectivity index (χ1n) is 11.2. The molecule has 1 aliphatic carbocycles. The highest BCUT2D eigenvalue weighted by molar-refractivity contribution is 6.39. The number of halogens is 2. The minimum absolute atomic E-state index is 0.320. The average Bonchev–Trinajstić information content (AvgIpc) is 3.53. The summed E-state index contributed by atoms with van der Waals surface area (Å²) in [6.45, 7) is 2.38. The molecule has 3 aromatic rings. The lowest BCUT2D eigenvalue weighted by atomic mass is 9.96. The number of hydroxylamine groups is 1. The zero-order valence-electron chi connectivity index (χ0n) is 18.1. The predicted octanol–water partition coefficient (Wildman–Crippen LogP) is 4.24. The number of amides is 1. The van der Waals surface area contributed by atoms with Crippen molar-refractivity contribution in [2.45, 2.75) is 32.1 Å². The van der Waals surface area contributed by atoms with Gasteiger partial charge in [-0.1, -0.05) is 34.7 Å². The van der Waals surface area contributed by atoms with Crippen molar-refractivity contribution in [2.24, 2.45) is 5.92 Å². The van der Waals surface area contributed by atoms with E-state index in [0.717, 1.165) is 44.6 Å². The molecule has 5 rings (SSSR count). The van der Waals surface area contributed by atoms with E-state index in [1.165, 1.54) is 6.42 Å². The van der Waals surface area contributed by atoms with E-state index in [1.54, 1.807) is 30.6 Å². The Kier molecular flexibility index (Phi) is 6.41. The number of piperidine rings is 1. The molecule has 7 nitrogen and oxygen atoms in total. The molecule has 0 atom stereocenters. The molecule has 2 aliphatic rings. The normalized spacial score (nSPS) is 16.2. The van der Waals surface area contributed by atoms with Gasteiger partial charge in [0.05, 0.1) is 34.8 Å². The van der Waals surface area contributed by atoms with Gasteiger partial charge < -0.3 is 10.2 Å². The van der Waals surface area contributed by atoms with Gasteiger partial charge in [0.2, 0.25) is 0 Å². The van der Waals surface area contributed by atoms with Crippen LogP contribution in [-0.2, 0) is 4.84 Å². The second-order valence-electron chi connectivity index (χ2n) is 8.64. The first-order chi connectivity index (χ1) is 16.0. The first-order valence-corrected chi connectivity index (χ1v) is 12.0. The second kappa shape index (κ2) is 9.45. The molecule has 170 valence electrons. The molecule has 0 bridgehead atoms. The lowest BCUT2D eigenvalue weighted by Crippen LogP contribution is -2.30. The minimum Gasteiger partial charge on any atom is -0.356 e. The molecule has 33 heavy (non-hydrogen) atoms. The maximum Gasteiger partial charge on any atom is 0.278 e. The Morgan fingerprint density at radius 1 is 1.21 bits per heavy atom. The van der Waals surface area contributed by atoms with Crippen LogP contribution < -0.4 is 21.2 Å². The van der Waals surface area contributed by atoms with Crippen LogP contribution in [0.15, 0.2) is 30.6 Å². The third kappa shape index (κ3) is 4.79. The van der Waals surface area contributed by atoms with Gasteiger partial charge >= 0.3 is 0 Å². The van der Waals surface area contributed by atoms with Crippen LogP contribution in [-0.4, -0.2) is 42.8 Å². The Balaban J connectivity index is 1.55. The number of fused-ring (bicyclic) bond motifs is 1. The maximum atomic E-state index is 13.2. The lowest BCUT2D eigenvalue weighted by molar-refractivity contribution is 0.0270. The largest absolute Gasteiger partial charge is 0.356 e. The van der Waals surface area contributed by atoms with Crippen LogP contribution in [0.3, 0.4) is 0 Å². The number of benzene rings is 1. The van der Waals surface area contributed by atoms with Crippen molar-refractivity contribution in [3.05, 3.63) is 46.2 Å². The number of rotatable bonds is 7. The van der Waals surface area contributed by atoms with E-state index in [4.69, 9.17) is 35.9 Å². The summed E-state index contributed by atoms with van der Waals surface area (Å²) >= 11 is 13.2. The summed E-state index contributed by atoms with van der Waals surface area (Å²) in [7, 11) is 5.82. The topological polar surface area (TPSA) is 70.9 Å². The molecule has 1 aliphatic heterocycles. The van der Waals surface area contributed by atoms with Crippen molar-refractivity contribution in [1.29, 1.82) is 0 Å². The summed E-state index contributed by atoms with van der Waals surface area (Å²) in [5.74, 6) is 1.03. The van der Waals surface area contributed by atoms with Crippen molar-refractivity contribution in [3.63, 3.8) is 0 Å². The van der Waals surface area contributed by atoms with Crippen LogP contribution in [0.5, 0.6) is 0 Å². The average molecular weight is 484 g/mol. The molecular formula is C23H24BCl2N5O2. The Labute approximate surface area is 203 Å². The fourth-order valence-electron chi connectivity index (χ4n) is 4.05. The van der Waals surface area contributed by atoms with E-state index in [-0.39, 0.29) is 0 Å². The Morgan fingerprint density at radius 2 is 2.00 bits per heavy atom. The van der Waals surface area contributed by atoms with E-state index in [1.807, 2.05) is 4.40 Å². The molecule has 1 saturated heterocycles. The highest BCUT2D eigenvalue weighted by Crippen LogP contribution is 2.37. The van der Waals surface area contributed by atoms with Crippen molar-refractivity contribution in [3.8, 4) is 0 Å². The van der Waals surface area contributed by atoms with E-state index in [9.17, 15) is 4.79 Å². The molecule has 2 N–H and O–H groups in total. The summed E-state index contributed by atoms with van der Waals surface area (Å²) < 4.78 is 1.87. The van der Waals surface area contributed by atoms with Crippen molar-refractivity contribution >= 4 is 65.3 Å². The van der Waals surface area contributed by atoms with Crippen molar-refractivity contribution in [1.82, 2.24) is 14.9 Å². The summed E-state index contributed by atoms with van der Waals surface area (Å²) in [4.78, 5) is 25.4. The molecule has 3 heterocycles. The van der Waals surface area contributed by atoms with Gasteiger partial charge in [-0.05, 0) is 50.2 Å². The molecule has 10 heteroatoms. The number of pyridine rings is 1. The molecule has 2 radical (unpaired) electrons. The third-order valence-electron chi connectivity index (χ3n) is 6.08. The fraction of sp³-hybridized carbons (Fsp3) is 0.391. The van der Waals surface area contributed by atoms with Crippen LogP contribution in [0.25, 0.3) is 5.65 Å². The molecule has 1 aromatic carbocycles. The monoisotopic (exact) mass is 483 g/mol. The number of hydrogen-bond acceptors (Lipinski definition) is 5. The smallest absolute Gasteiger partial charge is 0.278 e. The highest BCUT2D eigenvalue weighted by Gasteiger charge is 2.25. The lowest BCUT2D eigenvalue weighted by Gasteiger charge is -2.28. The molecule has 0 unspecified atom stereocenters. The Hall–Kier alpha value is -2.42. The number of nitrogens with zero attached hydrogens (tertiary/aromatic N) is 3. The van der Waals surface area contributed by atoms with E-state index in [0.29, 0.717) is 50.6 Å². The van der Waals surface area contributed by atoms with Gasteiger partial charge in [0.1, 0.15) is 18.7 Å². The number of imidazole rings is 1.